The molecule has 0 radical (unpaired) electrons. The van der Waals surface area contributed by atoms with Crippen LogP contribution in [0.15, 0.2) is 48.7 Å². The number of fused-ring (bicyclic) bond motifs is 2. The lowest BCUT2D eigenvalue weighted by Gasteiger charge is -2.21. The zero-order chi connectivity index (χ0) is 17.2. The molecule has 1 aliphatic heterocycles. The van der Waals surface area contributed by atoms with E-state index in [2.05, 4.69) is 10.3 Å². The van der Waals surface area contributed by atoms with Gasteiger partial charge in [-0.25, -0.2) is 0 Å². The van der Waals surface area contributed by atoms with Gasteiger partial charge in [0, 0.05) is 28.7 Å². The summed E-state index contributed by atoms with van der Waals surface area (Å²) in [7, 11) is 0. The smallest absolute Gasteiger partial charge is 0.253 e. The average Bonchev–Trinajstić information content (AvgIpc) is 2.65. The number of carbonyl (C=O) groups is 1. The maximum Gasteiger partial charge on any atom is 0.253 e. The number of amides is 1. The molecule has 0 unspecified atom stereocenters. The number of ether oxygens (including phenoxy) is 2. The van der Waals surface area contributed by atoms with Crippen LogP contribution in [0, 0.1) is 0 Å². The summed E-state index contributed by atoms with van der Waals surface area (Å²) in [6.45, 7) is 1.36. The fourth-order valence-electron chi connectivity index (χ4n) is 2.87. The van der Waals surface area contributed by atoms with Crippen molar-refractivity contribution >= 4 is 28.4 Å². The fourth-order valence-corrected chi connectivity index (χ4v) is 3.10. The molecular formula is C19H15ClN2O3. The highest BCUT2D eigenvalue weighted by molar-refractivity contribution is 6.32. The molecule has 3 aromatic rings. The summed E-state index contributed by atoms with van der Waals surface area (Å²) in [6, 6.07) is 12.8. The van der Waals surface area contributed by atoms with Gasteiger partial charge in [-0.1, -0.05) is 29.8 Å². The van der Waals surface area contributed by atoms with Crippen molar-refractivity contribution < 1.29 is 14.3 Å². The molecule has 25 heavy (non-hydrogen) atoms. The Morgan fingerprint density at radius 2 is 2.04 bits per heavy atom. The van der Waals surface area contributed by atoms with Gasteiger partial charge in [-0.2, -0.15) is 0 Å². The van der Waals surface area contributed by atoms with Gasteiger partial charge in [-0.3, -0.25) is 9.78 Å². The Kier molecular flexibility index (Phi) is 4.15. The monoisotopic (exact) mass is 354 g/mol. The van der Waals surface area contributed by atoms with Crippen LogP contribution in [0.5, 0.6) is 11.5 Å². The summed E-state index contributed by atoms with van der Waals surface area (Å²) >= 11 is 6.14. The van der Waals surface area contributed by atoms with Gasteiger partial charge in [-0.05, 0) is 24.3 Å². The molecule has 4 rings (SSSR count). The van der Waals surface area contributed by atoms with Crippen molar-refractivity contribution in [2.45, 2.75) is 6.54 Å². The topological polar surface area (TPSA) is 60.5 Å². The number of nitrogens with one attached hydrogen (secondary N) is 1. The predicted molar refractivity (Wildman–Crippen MR) is 95.4 cm³/mol. The molecule has 0 aliphatic carbocycles. The predicted octanol–water partition coefficient (Wildman–Crippen LogP) is 3.59. The highest BCUT2D eigenvalue weighted by Gasteiger charge is 2.17. The SMILES string of the molecule is O=C(NCc1cccc2c1OCCO2)c1cc(Cl)cc2cccnc12. The summed E-state index contributed by atoms with van der Waals surface area (Å²) in [6.07, 6.45) is 1.66. The number of hydrogen-bond acceptors (Lipinski definition) is 4. The minimum Gasteiger partial charge on any atom is -0.486 e. The van der Waals surface area contributed by atoms with E-state index in [4.69, 9.17) is 21.1 Å². The quantitative estimate of drug-likeness (QED) is 0.780. The van der Waals surface area contributed by atoms with E-state index in [0.717, 1.165) is 10.9 Å². The lowest BCUT2D eigenvalue weighted by molar-refractivity contribution is 0.0951. The molecule has 5 nitrogen and oxygen atoms in total. The molecule has 0 saturated heterocycles. The van der Waals surface area contributed by atoms with Crippen molar-refractivity contribution in [2.24, 2.45) is 0 Å². The van der Waals surface area contributed by atoms with E-state index in [0.29, 0.717) is 47.4 Å². The summed E-state index contributed by atoms with van der Waals surface area (Å²) in [5, 5.41) is 4.24. The molecule has 1 N–H and O–H groups in total. The number of hydrogen-bond donors (Lipinski definition) is 1. The van der Waals surface area contributed by atoms with Crippen LogP contribution in [0.1, 0.15) is 15.9 Å². The fraction of sp³-hybridized carbons (Fsp3) is 0.158. The zero-order valence-electron chi connectivity index (χ0n) is 13.3. The molecule has 0 spiro atoms. The first-order valence-corrected chi connectivity index (χ1v) is 8.30. The highest BCUT2D eigenvalue weighted by atomic mass is 35.5. The maximum absolute atomic E-state index is 12.7. The molecule has 126 valence electrons. The van der Waals surface area contributed by atoms with Crippen molar-refractivity contribution in [3.05, 3.63) is 64.8 Å². The second-order valence-electron chi connectivity index (χ2n) is 5.65. The second-order valence-corrected chi connectivity index (χ2v) is 6.09. The van der Waals surface area contributed by atoms with E-state index in [1.165, 1.54) is 0 Å². The van der Waals surface area contributed by atoms with E-state index < -0.39 is 0 Å². The Bertz CT molecular complexity index is 959. The summed E-state index contributed by atoms with van der Waals surface area (Å²) < 4.78 is 11.2. The minimum atomic E-state index is -0.236. The van der Waals surface area contributed by atoms with Gasteiger partial charge in [-0.15, -0.1) is 0 Å². The van der Waals surface area contributed by atoms with Crippen molar-refractivity contribution in [1.82, 2.24) is 10.3 Å². The summed E-state index contributed by atoms with van der Waals surface area (Å²) in [4.78, 5) is 17.0. The summed E-state index contributed by atoms with van der Waals surface area (Å²) in [5.74, 6) is 1.15. The molecule has 1 aromatic heterocycles. The number of para-hydroxylation sites is 1. The molecule has 6 heteroatoms. The van der Waals surface area contributed by atoms with E-state index in [-0.39, 0.29) is 5.91 Å². The highest BCUT2D eigenvalue weighted by Crippen LogP contribution is 2.33. The molecule has 1 aliphatic rings. The first kappa shape index (κ1) is 15.7. The molecule has 0 bridgehead atoms. The van der Waals surface area contributed by atoms with E-state index in [9.17, 15) is 4.79 Å². The lowest BCUT2D eigenvalue weighted by Crippen LogP contribution is -2.24. The van der Waals surface area contributed by atoms with Crippen LogP contribution in [0.25, 0.3) is 10.9 Å². The number of benzene rings is 2. The molecular weight excluding hydrogens is 340 g/mol. The van der Waals surface area contributed by atoms with Crippen LogP contribution in [0.4, 0.5) is 0 Å². The first-order chi connectivity index (χ1) is 12.2. The third-order valence-electron chi connectivity index (χ3n) is 4.00. The number of carbonyl (C=O) groups excluding carboxylic acids is 1. The van der Waals surface area contributed by atoms with Gasteiger partial charge < -0.3 is 14.8 Å². The molecule has 2 aromatic carbocycles. The summed E-state index contributed by atoms with van der Waals surface area (Å²) in [5.41, 5.74) is 1.94. The third-order valence-corrected chi connectivity index (χ3v) is 4.22. The van der Waals surface area contributed by atoms with Crippen LogP contribution >= 0.6 is 11.6 Å². The Morgan fingerprint density at radius 3 is 2.96 bits per heavy atom. The maximum atomic E-state index is 12.7. The van der Waals surface area contributed by atoms with Crippen molar-refractivity contribution in [2.75, 3.05) is 13.2 Å². The van der Waals surface area contributed by atoms with E-state index >= 15 is 0 Å². The van der Waals surface area contributed by atoms with Crippen LogP contribution < -0.4 is 14.8 Å². The number of aromatic nitrogens is 1. The van der Waals surface area contributed by atoms with Crippen LogP contribution in [0.2, 0.25) is 5.02 Å². The Balaban J connectivity index is 1.60. The number of nitrogens with zero attached hydrogens (tertiary/aromatic N) is 1. The van der Waals surface area contributed by atoms with Crippen molar-refractivity contribution in [3.63, 3.8) is 0 Å². The van der Waals surface area contributed by atoms with Crippen molar-refractivity contribution in [1.29, 1.82) is 0 Å². The minimum absolute atomic E-state index is 0.236. The Morgan fingerprint density at radius 1 is 1.16 bits per heavy atom. The van der Waals surface area contributed by atoms with Gasteiger partial charge in [0.15, 0.2) is 11.5 Å². The van der Waals surface area contributed by atoms with Crippen LogP contribution in [-0.2, 0) is 6.54 Å². The Labute approximate surface area is 149 Å². The largest absolute Gasteiger partial charge is 0.486 e. The number of halogens is 1. The first-order valence-electron chi connectivity index (χ1n) is 7.92. The van der Waals surface area contributed by atoms with Gasteiger partial charge in [0.1, 0.15) is 13.2 Å². The van der Waals surface area contributed by atoms with Crippen LogP contribution in [-0.4, -0.2) is 24.1 Å². The average molecular weight is 355 g/mol. The Hall–Kier alpha value is -2.79. The molecule has 0 saturated carbocycles. The molecule has 1 amide bonds. The molecule has 2 heterocycles. The van der Waals surface area contributed by atoms with E-state index in [1.54, 1.807) is 18.3 Å². The number of rotatable bonds is 3. The second kappa shape index (κ2) is 6.61. The standard InChI is InChI=1S/C19H15ClN2O3/c20-14-9-12-4-2-6-21-17(12)15(10-14)19(23)22-11-13-3-1-5-16-18(13)25-8-7-24-16/h1-6,9-10H,7-8,11H2,(H,22,23). The van der Waals surface area contributed by atoms with Crippen LogP contribution in [0.3, 0.4) is 0 Å². The van der Waals surface area contributed by atoms with Gasteiger partial charge >= 0.3 is 0 Å². The number of pyridine rings is 1. The zero-order valence-corrected chi connectivity index (χ0v) is 14.0. The molecule has 0 atom stereocenters. The third kappa shape index (κ3) is 3.10. The van der Waals surface area contributed by atoms with Crippen molar-refractivity contribution in [3.8, 4) is 11.5 Å². The molecule has 0 fully saturated rings. The van der Waals surface area contributed by atoms with Gasteiger partial charge in [0.2, 0.25) is 0 Å². The lowest BCUT2D eigenvalue weighted by atomic mass is 10.1. The van der Waals surface area contributed by atoms with Gasteiger partial charge in [0.05, 0.1) is 11.1 Å². The van der Waals surface area contributed by atoms with Gasteiger partial charge in [0.25, 0.3) is 5.91 Å². The normalized spacial score (nSPS) is 12.8. The van der Waals surface area contributed by atoms with E-state index in [1.807, 2.05) is 30.3 Å².